The zero-order valence-electron chi connectivity index (χ0n) is 43.0. The van der Waals surface area contributed by atoms with Gasteiger partial charge in [0.15, 0.2) is 0 Å². The van der Waals surface area contributed by atoms with E-state index in [0.717, 1.165) is 26.5 Å². The summed E-state index contributed by atoms with van der Waals surface area (Å²) >= 11 is 1.02. The Kier molecular flexibility index (Phi) is 16.7. The lowest BCUT2D eigenvalue weighted by atomic mass is 9.84. The molecule has 6 aromatic rings. The highest BCUT2D eigenvalue weighted by Crippen LogP contribution is 2.45. The van der Waals surface area contributed by atoms with Crippen LogP contribution in [0.15, 0.2) is 97.2 Å². The maximum Gasteiger partial charge on any atom is 0.408 e. The van der Waals surface area contributed by atoms with Gasteiger partial charge >= 0.3 is 12.1 Å². The van der Waals surface area contributed by atoms with E-state index in [1.165, 1.54) is 12.1 Å². The number of pyridine rings is 1. The first-order valence-corrected chi connectivity index (χ1v) is 27.1. The maximum absolute atomic E-state index is 16.6. The first-order chi connectivity index (χ1) is 34.4. The number of alkyl halides is 3. The monoisotopic (exact) mass is 1040 g/mol. The summed E-state index contributed by atoms with van der Waals surface area (Å²) < 4.78 is 70.9. The lowest BCUT2D eigenvalue weighted by molar-refractivity contribution is -0.147. The van der Waals surface area contributed by atoms with E-state index >= 15 is 4.39 Å². The number of fused-ring (bicyclic) bond motifs is 1. The fourth-order valence-electron chi connectivity index (χ4n) is 9.60. The van der Waals surface area contributed by atoms with Gasteiger partial charge in [-0.15, -0.1) is 0 Å². The molecule has 3 aromatic heterocycles. The van der Waals surface area contributed by atoms with Crippen molar-refractivity contribution >= 4 is 59.1 Å². The summed E-state index contributed by atoms with van der Waals surface area (Å²) in [5.41, 5.74) is 3.61. The molecule has 390 valence electrons. The molecule has 0 spiro atoms. The second-order valence-electron chi connectivity index (χ2n) is 21.3. The predicted octanol–water partition coefficient (Wildman–Crippen LogP) is 9.82. The molecular weight excluding hydrogens is 976 g/mol. The molecular formula is C54H66F3N7O7SSi. The molecule has 1 aliphatic heterocycles. The van der Waals surface area contributed by atoms with Gasteiger partial charge in [0.25, 0.3) is 20.7 Å². The van der Waals surface area contributed by atoms with Gasteiger partial charge in [-0.2, -0.15) is 4.37 Å². The van der Waals surface area contributed by atoms with Crippen LogP contribution in [0.4, 0.5) is 18.0 Å². The Morgan fingerprint density at radius 2 is 1.59 bits per heavy atom. The van der Waals surface area contributed by atoms with Crippen molar-refractivity contribution in [1.82, 2.24) is 34.7 Å². The Morgan fingerprint density at radius 1 is 0.932 bits per heavy atom. The Morgan fingerprint density at radius 3 is 2.18 bits per heavy atom. The number of hydrogen-bond acceptors (Lipinski definition) is 11. The molecule has 4 atom stereocenters. The highest BCUT2D eigenvalue weighted by Gasteiger charge is 2.51. The summed E-state index contributed by atoms with van der Waals surface area (Å²) in [7, 11) is -1.53. The van der Waals surface area contributed by atoms with Crippen LogP contribution in [-0.4, -0.2) is 99.7 Å². The number of alkyl carbamates (subject to hydrolysis) is 1. The SMILES string of the molecule is CO[C@@H](C)c1ncccc1-c1c(CC(C)(C)CO[Si](c2ccccc2)(c2ccccc2)C(C)(C)C)c2cc(-c3nc(CC(NC(=O)OC(C)(C)C)C(=O)N4CCCC(C(=O)O)N4)ns3)ccc2n1C(F)C(F)F. The van der Waals surface area contributed by atoms with Crippen molar-refractivity contribution in [2.45, 2.75) is 130 Å². The van der Waals surface area contributed by atoms with Crippen LogP contribution in [-0.2, 0) is 36.3 Å². The molecule has 0 bridgehead atoms. The minimum absolute atomic E-state index is 0.183. The number of hydrogen-bond donors (Lipinski definition) is 3. The standard InChI is InChI=1S/C54H66F3N7O7SSi/c1-33(69-10)44-37(23-17-27-58-44)45-39(31-54(8,9)32-70-73(53(5,6)7,35-19-13-11-14-20-35)36-21-15-12-16-22-36)38-29-34(25-26-42(38)64(45)47(57)46(55)56)48-60-43(62-72-48)30-41(59-51(68)71-52(2,3)4)49(65)63-28-18-24-40(61-63)50(66)67/h11-17,19-23,25-27,29,33,40-41,46-47,61H,18,24,28,30-32H2,1-10H3,(H,59,68)(H,66,67)/t33-,40?,41?,47?/m0/s1. The smallest absolute Gasteiger partial charge is 0.408 e. The van der Waals surface area contributed by atoms with Crippen LogP contribution in [0.1, 0.15) is 105 Å². The number of halogens is 3. The summed E-state index contributed by atoms with van der Waals surface area (Å²) in [6.07, 6.45) is -5.21. The summed E-state index contributed by atoms with van der Waals surface area (Å²) in [4.78, 5) is 48.4. The lowest BCUT2D eigenvalue weighted by Gasteiger charge is -2.44. The molecule has 7 rings (SSSR count). The summed E-state index contributed by atoms with van der Waals surface area (Å²) in [6, 6.07) is 26.8. The van der Waals surface area contributed by atoms with Crippen molar-refractivity contribution in [2.75, 3.05) is 20.3 Å². The van der Waals surface area contributed by atoms with Crippen molar-refractivity contribution in [3.8, 4) is 21.8 Å². The van der Waals surface area contributed by atoms with Crippen molar-refractivity contribution in [3.05, 3.63) is 114 Å². The van der Waals surface area contributed by atoms with Crippen LogP contribution in [0.2, 0.25) is 5.04 Å². The number of carbonyl (C=O) groups excluding carboxylic acids is 2. The van der Waals surface area contributed by atoms with E-state index in [1.807, 2.05) is 36.4 Å². The molecule has 3 N–H and O–H groups in total. The fraction of sp³-hybridized carbons (Fsp3) is 0.444. The van der Waals surface area contributed by atoms with Crippen LogP contribution in [0.25, 0.3) is 32.7 Å². The summed E-state index contributed by atoms with van der Waals surface area (Å²) in [6.45, 7) is 18.0. The van der Waals surface area contributed by atoms with Gasteiger partial charge in [-0.25, -0.2) is 28.4 Å². The number of amides is 2. The fourth-order valence-corrected chi connectivity index (χ4v) is 15.0. The van der Waals surface area contributed by atoms with Crippen LogP contribution >= 0.6 is 11.5 Å². The molecule has 3 unspecified atom stereocenters. The molecule has 0 saturated carbocycles. The molecule has 4 heterocycles. The van der Waals surface area contributed by atoms with Crippen molar-refractivity contribution < 1.29 is 46.6 Å². The van der Waals surface area contributed by atoms with Crippen molar-refractivity contribution in [1.29, 1.82) is 0 Å². The van der Waals surface area contributed by atoms with Crippen LogP contribution < -0.4 is 21.1 Å². The lowest BCUT2D eigenvalue weighted by Crippen LogP contribution is -2.67. The molecule has 19 heteroatoms. The third kappa shape index (κ3) is 12.2. The predicted molar refractivity (Wildman–Crippen MR) is 279 cm³/mol. The first kappa shape index (κ1) is 54.8. The van der Waals surface area contributed by atoms with Crippen LogP contribution in [0.5, 0.6) is 0 Å². The number of rotatable bonds is 18. The van der Waals surface area contributed by atoms with Gasteiger partial charge in [-0.1, -0.05) is 95.3 Å². The van der Waals surface area contributed by atoms with Gasteiger partial charge in [0.1, 0.15) is 28.5 Å². The average Bonchev–Trinajstić information content (AvgIpc) is 3.94. The maximum atomic E-state index is 16.6. The number of benzene rings is 3. The van der Waals surface area contributed by atoms with E-state index in [4.69, 9.17) is 18.9 Å². The van der Waals surface area contributed by atoms with Crippen LogP contribution in [0.3, 0.4) is 0 Å². The number of carboxylic acid groups (broad SMARTS) is 1. The van der Waals surface area contributed by atoms with Crippen molar-refractivity contribution in [3.63, 3.8) is 0 Å². The number of nitrogens with zero attached hydrogens (tertiary/aromatic N) is 5. The van der Waals surface area contributed by atoms with Crippen LogP contribution in [0, 0.1) is 5.41 Å². The third-order valence-electron chi connectivity index (χ3n) is 13.0. The number of carboxylic acids is 1. The molecule has 1 aliphatic rings. The summed E-state index contributed by atoms with van der Waals surface area (Å²) in [5.74, 6) is -1.53. The molecule has 14 nitrogen and oxygen atoms in total. The largest absolute Gasteiger partial charge is 0.480 e. The number of carbonyl (C=O) groups is 3. The van der Waals surface area contributed by atoms with Gasteiger partial charge in [-0.05, 0) is 115 Å². The number of aromatic nitrogens is 4. The van der Waals surface area contributed by atoms with Gasteiger partial charge in [0.05, 0.1) is 23.0 Å². The number of nitrogens with one attached hydrogen (secondary N) is 2. The quantitative estimate of drug-likeness (QED) is 0.0701. The Hall–Kier alpha value is -5.99. The van der Waals surface area contributed by atoms with Gasteiger partial charge < -0.3 is 28.9 Å². The van der Waals surface area contributed by atoms with Gasteiger partial charge in [0, 0.05) is 49.4 Å². The second kappa shape index (κ2) is 22.2. The Balaban J connectivity index is 1.34. The zero-order chi connectivity index (χ0) is 53.0. The Bertz CT molecular complexity index is 2850. The normalized spacial score (nSPS) is 16.1. The number of hydrazine groups is 1. The molecule has 0 radical (unpaired) electrons. The van der Waals surface area contributed by atoms with E-state index < -0.39 is 68.2 Å². The second-order valence-corrected chi connectivity index (χ2v) is 26.4. The van der Waals surface area contributed by atoms with Gasteiger partial charge in [0.2, 0.25) is 6.30 Å². The van der Waals surface area contributed by atoms with Gasteiger partial charge in [-0.3, -0.25) is 19.6 Å². The molecule has 73 heavy (non-hydrogen) atoms. The topological polar surface area (TPSA) is 170 Å². The number of methoxy groups -OCH3 is 1. The minimum atomic E-state index is -3.39. The van der Waals surface area contributed by atoms with E-state index in [2.05, 4.69) is 79.0 Å². The minimum Gasteiger partial charge on any atom is -0.480 e. The third-order valence-corrected chi connectivity index (χ3v) is 18.8. The van der Waals surface area contributed by atoms with E-state index in [-0.39, 0.29) is 48.1 Å². The zero-order valence-corrected chi connectivity index (χ0v) is 44.9. The Labute approximate surface area is 429 Å². The molecule has 3 aromatic carbocycles. The number of ether oxygens (including phenoxy) is 2. The molecule has 1 saturated heterocycles. The molecule has 2 amide bonds. The summed E-state index contributed by atoms with van der Waals surface area (Å²) in [5, 5.41) is 16.3. The van der Waals surface area contributed by atoms with E-state index in [9.17, 15) is 28.3 Å². The number of aliphatic carboxylic acids is 1. The highest BCUT2D eigenvalue weighted by molar-refractivity contribution is 7.09. The van der Waals surface area contributed by atoms with E-state index in [1.54, 1.807) is 64.2 Å². The average molecular weight is 1040 g/mol. The van der Waals surface area contributed by atoms with Crippen molar-refractivity contribution in [2.24, 2.45) is 5.41 Å². The molecule has 1 fully saturated rings. The molecule has 0 aliphatic carbocycles. The van der Waals surface area contributed by atoms with E-state index in [0.29, 0.717) is 45.6 Å². The first-order valence-electron chi connectivity index (χ1n) is 24.4. The highest BCUT2D eigenvalue weighted by atomic mass is 32.1.